The van der Waals surface area contributed by atoms with Gasteiger partial charge in [0.1, 0.15) is 6.61 Å². The number of carbonyl (C=O) groups is 2. The van der Waals surface area contributed by atoms with Crippen molar-refractivity contribution in [3.63, 3.8) is 0 Å². The molecule has 0 spiro atoms. The molecule has 0 bridgehead atoms. The Labute approximate surface area is 153 Å². The Hall–Kier alpha value is -2.62. The van der Waals surface area contributed by atoms with E-state index in [1.165, 1.54) is 23.9 Å². The first-order valence-corrected chi connectivity index (χ1v) is 8.37. The second-order valence-corrected chi connectivity index (χ2v) is 6.97. The van der Waals surface area contributed by atoms with E-state index >= 15 is 0 Å². The lowest BCUT2D eigenvalue weighted by Crippen LogP contribution is -2.26. The van der Waals surface area contributed by atoms with Gasteiger partial charge >= 0.3 is 5.97 Å². The average Bonchev–Trinajstić information content (AvgIpc) is 2.65. The molecule has 1 aliphatic heterocycles. The second kappa shape index (κ2) is 7.18. The van der Waals surface area contributed by atoms with Crippen molar-refractivity contribution >= 4 is 29.3 Å². The highest BCUT2D eigenvalue weighted by Gasteiger charge is 2.27. The summed E-state index contributed by atoms with van der Waals surface area (Å²) in [5, 5.41) is 2.27. The van der Waals surface area contributed by atoms with Gasteiger partial charge in [-0.05, 0) is 25.1 Å². The number of nitrogens with one attached hydrogen (secondary N) is 1. The first-order chi connectivity index (χ1) is 12.7. The molecule has 0 aromatic heterocycles. The number of thioether (sulfide) groups is 1. The quantitative estimate of drug-likeness (QED) is 0.362. The van der Waals surface area contributed by atoms with Crippen molar-refractivity contribution < 1.29 is 36.3 Å². The summed E-state index contributed by atoms with van der Waals surface area (Å²) in [6, 6.07) is 4.20. The Kier molecular flexibility index (Phi) is 5.09. The zero-order valence-electron chi connectivity index (χ0n) is 13.5. The van der Waals surface area contributed by atoms with Crippen LogP contribution in [-0.4, -0.2) is 17.1 Å². The minimum atomic E-state index is -2.29. The summed E-state index contributed by atoms with van der Waals surface area (Å²) in [6.07, 6.45) is 0. The van der Waals surface area contributed by atoms with Crippen LogP contribution >= 0.6 is 11.8 Å². The molecule has 0 radical (unpaired) electrons. The van der Waals surface area contributed by atoms with E-state index in [-0.39, 0.29) is 16.7 Å². The SMILES string of the molecule is C[C@@H]1Sc2ccc(C(=O)OCc3c(F)c(F)c(F)c(F)c3F)cc2NC1=O. The van der Waals surface area contributed by atoms with Crippen LogP contribution in [0.25, 0.3) is 0 Å². The molecule has 2 aromatic carbocycles. The molecule has 1 amide bonds. The molecule has 0 saturated heterocycles. The second-order valence-electron chi connectivity index (χ2n) is 5.58. The summed E-state index contributed by atoms with van der Waals surface area (Å²) < 4.78 is 71.2. The molecule has 1 N–H and O–H groups in total. The lowest BCUT2D eigenvalue weighted by Gasteiger charge is -2.21. The zero-order valence-corrected chi connectivity index (χ0v) is 14.4. The number of carbonyl (C=O) groups excluding carboxylic acids is 2. The number of ether oxygens (including phenoxy) is 1. The average molecular weight is 403 g/mol. The third-order valence-corrected chi connectivity index (χ3v) is 4.97. The van der Waals surface area contributed by atoms with E-state index in [9.17, 15) is 31.5 Å². The van der Waals surface area contributed by atoms with E-state index in [0.717, 1.165) is 0 Å². The standard InChI is InChI=1S/C17H10F5NO3S/c1-6-16(24)23-9-4-7(2-3-10(9)27-6)17(25)26-5-8-11(18)13(20)15(22)14(21)12(8)19/h2-4,6H,5H2,1H3,(H,23,24)/t6-/m0/s1. The summed E-state index contributed by atoms with van der Waals surface area (Å²) in [4.78, 5) is 24.4. The fraction of sp³-hybridized carbons (Fsp3) is 0.176. The van der Waals surface area contributed by atoms with Crippen LogP contribution in [0.4, 0.5) is 27.6 Å². The van der Waals surface area contributed by atoms with E-state index in [2.05, 4.69) is 10.1 Å². The van der Waals surface area contributed by atoms with Gasteiger partial charge in [-0.25, -0.2) is 26.7 Å². The van der Waals surface area contributed by atoms with E-state index in [1.54, 1.807) is 13.0 Å². The summed E-state index contributed by atoms with van der Waals surface area (Å²) in [7, 11) is 0. The number of fused-ring (bicyclic) bond motifs is 1. The lowest BCUT2D eigenvalue weighted by atomic mass is 10.1. The molecular formula is C17H10F5NO3S. The van der Waals surface area contributed by atoms with Crippen LogP contribution in [0.1, 0.15) is 22.8 Å². The first kappa shape index (κ1) is 19.2. The first-order valence-electron chi connectivity index (χ1n) is 7.49. The summed E-state index contributed by atoms with van der Waals surface area (Å²) in [6.45, 7) is 0.551. The molecule has 1 heterocycles. The van der Waals surface area contributed by atoms with Crippen molar-refractivity contribution in [3.8, 4) is 0 Å². The minimum Gasteiger partial charge on any atom is -0.457 e. The fourth-order valence-electron chi connectivity index (χ4n) is 2.33. The topological polar surface area (TPSA) is 55.4 Å². The summed E-state index contributed by atoms with van der Waals surface area (Å²) in [5.41, 5.74) is -0.961. The monoisotopic (exact) mass is 403 g/mol. The van der Waals surface area contributed by atoms with E-state index in [4.69, 9.17) is 0 Å². The van der Waals surface area contributed by atoms with Crippen LogP contribution in [0.3, 0.4) is 0 Å². The Morgan fingerprint density at radius 1 is 1.07 bits per heavy atom. The van der Waals surface area contributed by atoms with E-state index < -0.39 is 47.2 Å². The van der Waals surface area contributed by atoms with Crippen molar-refractivity contribution in [2.24, 2.45) is 0 Å². The smallest absolute Gasteiger partial charge is 0.338 e. The zero-order chi connectivity index (χ0) is 19.9. The highest BCUT2D eigenvalue weighted by Crippen LogP contribution is 2.36. The van der Waals surface area contributed by atoms with Crippen molar-refractivity contribution in [1.82, 2.24) is 0 Å². The predicted molar refractivity (Wildman–Crippen MR) is 85.7 cm³/mol. The fourth-order valence-corrected chi connectivity index (χ4v) is 3.26. The number of anilines is 1. The maximum atomic E-state index is 13.6. The molecule has 0 fully saturated rings. The maximum absolute atomic E-state index is 13.6. The van der Waals surface area contributed by atoms with Crippen molar-refractivity contribution in [3.05, 3.63) is 58.4 Å². The summed E-state index contributed by atoms with van der Waals surface area (Å²) in [5.74, 6) is -12.0. The van der Waals surface area contributed by atoms with Gasteiger partial charge in [0.2, 0.25) is 11.7 Å². The molecule has 2 aromatic rings. The molecule has 10 heteroatoms. The van der Waals surface area contributed by atoms with Gasteiger partial charge in [-0.2, -0.15) is 0 Å². The van der Waals surface area contributed by atoms with Gasteiger partial charge in [-0.3, -0.25) is 4.79 Å². The van der Waals surface area contributed by atoms with Crippen LogP contribution in [0.2, 0.25) is 0 Å². The number of hydrogen-bond donors (Lipinski definition) is 1. The van der Waals surface area contributed by atoms with Gasteiger partial charge in [0.15, 0.2) is 23.3 Å². The molecule has 1 atom stereocenters. The molecule has 4 nitrogen and oxygen atoms in total. The highest BCUT2D eigenvalue weighted by atomic mass is 32.2. The number of hydrogen-bond acceptors (Lipinski definition) is 4. The normalized spacial score (nSPS) is 15.9. The Morgan fingerprint density at radius 3 is 2.30 bits per heavy atom. The lowest BCUT2D eigenvalue weighted by molar-refractivity contribution is -0.115. The van der Waals surface area contributed by atoms with Gasteiger partial charge in [0.05, 0.1) is 22.1 Å². The predicted octanol–water partition coefficient (Wildman–Crippen LogP) is 4.17. The Balaban J connectivity index is 1.80. The van der Waals surface area contributed by atoms with Crippen molar-refractivity contribution in [2.75, 3.05) is 5.32 Å². The van der Waals surface area contributed by atoms with Gasteiger partial charge < -0.3 is 10.1 Å². The molecule has 0 aliphatic carbocycles. The van der Waals surface area contributed by atoms with E-state index in [1.807, 2.05) is 0 Å². The summed E-state index contributed by atoms with van der Waals surface area (Å²) >= 11 is 1.28. The third kappa shape index (κ3) is 3.48. The minimum absolute atomic E-state index is 0.0620. The molecule has 142 valence electrons. The highest BCUT2D eigenvalue weighted by molar-refractivity contribution is 8.00. The number of esters is 1. The maximum Gasteiger partial charge on any atom is 0.338 e. The number of rotatable bonds is 3. The molecule has 1 aliphatic rings. The molecule has 0 saturated carbocycles. The number of benzene rings is 2. The Morgan fingerprint density at radius 2 is 1.67 bits per heavy atom. The van der Waals surface area contributed by atoms with Crippen LogP contribution in [-0.2, 0) is 16.1 Å². The van der Waals surface area contributed by atoms with Gasteiger partial charge in [0.25, 0.3) is 0 Å². The van der Waals surface area contributed by atoms with Gasteiger partial charge in [0, 0.05) is 4.90 Å². The number of amides is 1. The van der Waals surface area contributed by atoms with Crippen LogP contribution in [0, 0.1) is 29.1 Å². The Bertz CT molecular complexity index is 937. The van der Waals surface area contributed by atoms with Crippen LogP contribution in [0.5, 0.6) is 0 Å². The van der Waals surface area contributed by atoms with E-state index in [0.29, 0.717) is 10.6 Å². The molecule has 27 heavy (non-hydrogen) atoms. The van der Waals surface area contributed by atoms with Crippen molar-refractivity contribution in [1.29, 1.82) is 0 Å². The number of halogens is 5. The molecule has 0 unspecified atom stereocenters. The van der Waals surface area contributed by atoms with Crippen LogP contribution in [0.15, 0.2) is 23.1 Å². The van der Waals surface area contributed by atoms with Gasteiger partial charge in [-0.15, -0.1) is 11.8 Å². The van der Waals surface area contributed by atoms with Crippen molar-refractivity contribution in [2.45, 2.75) is 23.7 Å². The van der Waals surface area contributed by atoms with Gasteiger partial charge in [-0.1, -0.05) is 0 Å². The third-order valence-electron chi connectivity index (χ3n) is 3.79. The molecular weight excluding hydrogens is 393 g/mol. The molecule has 3 rings (SSSR count). The largest absolute Gasteiger partial charge is 0.457 e. The van der Waals surface area contributed by atoms with Crippen LogP contribution < -0.4 is 5.32 Å².